The van der Waals surface area contributed by atoms with Gasteiger partial charge in [-0.1, -0.05) is 35.4 Å². The fourth-order valence-electron chi connectivity index (χ4n) is 2.79. The number of hydrogen-bond donors (Lipinski definition) is 1. The fourth-order valence-corrected chi connectivity index (χ4v) is 3.08. The molecule has 9 heteroatoms. The average Bonchev–Trinajstić information content (AvgIpc) is 3.20. The number of hydrogen-bond acceptors (Lipinski definition) is 3. The molecule has 0 aliphatic rings. The van der Waals surface area contributed by atoms with E-state index in [1.807, 2.05) is 0 Å². The Bertz CT molecular complexity index is 1270. The van der Waals surface area contributed by atoms with Crippen LogP contribution >= 0.6 is 23.2 Å². The van der Waals surface area contributed by atoms with Crippen LogP contribution in [0.25, 0.3) is 11.0 Å². The van der Waals surface area contributed by atoms with E-state index in [0.717, 1.165) is 12.1 Å². The molecular weight excluding hydrogens is 459 g/mol. The van der Waals surface area contributed by atoms with Crippen LogP contribution in [0.2, 0.25) is 5.02 Å². The van der Waals surface area contributed by atoms with E-state index in [-0.39, 0.29) is 27.9 Å². The van der Waals surface area contributed by atoms with Crippen LogP contribution in [0.4, 0.5) is 14.6 Å². The molecule has 3 rings (SSSR count). The standard InChI is InChI=1S/C23H17Cl2F2N3O2/c1-2-3-4-15(24)17(26)7-10-22(31)29-21-9-8-20-19(28-21)11-12-30(20)23(32)14-5-6-16(25)18(27)13-14/h2,4-9,11-13H,1,3,10H2,(H,28,29,31)/b15-4+,17-7+. The maximum absolute atomic E-state index is 13.9. The number of halogens is 4. The fraction of sp³-hybridized carbons (Fsp3) is 0.0870. The van der Waals surface area contributed by atoms with E-state index in [2.05, 4.69) is 16.9 Å². The lowest BCUT2D eigenvalue weighted by molar-refractivity contribution is -0.115. The first kappa shape index (κ1) is 23.4. The van der Waals surface area contributed by atoms with Gasteiger partial charge in [0.25, 0.3) is 5.91 Å². The molecule has 164 valence electrons. The molecule has 1 aromatic carbocycles. The highest BCUT2D eigenvalue weighted by molar-refractivity contribution is 6.31. The van der Waals surface area contributed by atoms with Gasteiger partial charge in [0.1, 0.15) is 17.5 Å². The minimum atomic E-state index is -0.707. The summed E-state index contributed by atoms with van der Waals surface area (Å²) in [5.41, 5.74) is 1.02. The number of pyridine rings is 1. The van der Waals surface area contributed by atoms with Crippen molar-refractivity contribution in [1.82, 2.24) is 9.55 Å². The van der Waals surface area contributed by atoms with Crippen molar-refractivity contribution in [2.24, 2.45) is 0 Å². The Morgan fingerprint density at radius 3 is 2.69 bits per heavy atom. The van der Waals surface area contributed by atoms with Crippen LogP contribution in [0.3, 0.4) is 0 Å². The number of rotatable bonds is 7. The highest BCUT2D eigenvalue weighted by Crippen LogP contribution is 2.21. The Labute approximate surface area is 192 Å². The molecule has 0 radical (unpaired) electrons. The van der Waals surface area contributed by atoms with Crippen molar-refractivity contribution in [2.75, 3.05) is 5.32 Å². The highest BCUT2D eigenvalue weighted by atomic mass is 35.5. The van der Waals surface area contributed by atoms with E-state index in [9.17, 15) is 18.4 Å². The van der Waals surface area contributed by atoms with Crippen LogP contribution in [0, 0.1) is 5.82 Å². The lowest BCUT2D eigenvalue weighted by Crippen LogP contribution is -2.12. The Morgan fingerprint density at radius 1 is 1.19 bits per heavy atom. The number of carbonyl (C=O) groups excluding carboxylic acids is 2. The van der Waals surface area contributed by atoms with Crippen molar-refractivity contribution in [2.45, 2.75) is 12.8 Å². The average molecular weight is 476 g/mol. The van der Waals surface area contributed by atoms with Crippen LogP contribution in [-0.2, 0) is 4.79 Å². The van der Waals surface area contributed by atoms with Crippen molar-refractivity contribution in [3.05, 3.63) is 94.7 Å². The number of amides is 1. The molecule has 0 fully saturated rings. The van der Waals surface area contributed by atoms with Crippen LogP contribution in [0.5, 0.6) is 0 Å². The molecular formula is C23H17Cl2F2N3O2. The number of nitrogens with one attached hydrogen (secondary N) is 1. The summed E-state index contributed by atoms with van der Waals surface area (Å²) in [6, 6.07) is 8.47. The van der Waals surface area contributed by atoms with Crippen LogP contribution in [0.15, 0.2) is 78.3 Å². The molecule has 0 aliphatic heterocycles. The quantitative estimate of drug-likeness (QED) is 0.317. The van der Waals surface area contributed by atoms with Crippen molar-refractivity contribution < 1.29 is 18.4 Å². The minimum absolute atomic E-state index is 0.0780. The molecule has 0 bridgehead atoms. The number of benzene rings is 1. The second-order valence-corrected chi connectivity index (χ2v) is 7.42. The van der Waals surface area contributed by atoms with Gasteiger partial charge in [0.15, 0.2) is 0 Å². The third kappa shape index (κ3) is 5.49. The number of fused-ring (bicyclic) bond motifs is 1. The molecule has 1 N–H and O–H groups in total. The molecule has 2 heterocycles. The normalized spacial score (nSPS) is 12.1. The molecule has 1 amide bonds. The van der Waals surface area contributed by atoms with Gasteiger partial charge in [-0.2, -0.15) is 0 Å². The van der Waals surface area contributed by atoms with E-state index in [0.29, 0.717) is 17.5 Å². The SMILES string of the molecule is C=CC/C=C(Cl)\C(F)=C/CC(=O)Nc1ccc2c(ccn2C(=O)c2ccc(Cl)c(F)c2)n1. The van der Waals surface area contributed by atoms with E-state index >= 15 is 0 Å². The zero-order valence-corrected chi connectivity index (χ0v) is 18.1. The predicted octanol–water partition coefficient (Wildman–Crippen LogP) is 6.40. The Hall–Kier alpha value is -3.29. The lowest BCUT2D eigenvalue weighted by atomic mass is 10.2. The van der Waals surface area contributed by atoms with Crippen LogP contribution in [-0.4, -0.2) is 21.4 Å². The lowest BCUT2D eigenvalue weighted by Gasteiger charge is -2.06. The van der Waals surface area contributed by atoms with E-state index in [4.69, 9.17) is 23.2 Å². The van der Waals surface area contributed by atoms with Gasteiger partial charge >= 0.3 is 0 Å². The molecule has 2 aromatic heterocycles. The van der Waals surface area contributed by atoms with Crippen molar-refractivity contribution in [3.63, 3.8) is 0 Å². The number of allylic oxidation sites excluding steroid dienone is 4. The maximum atomic E-state index is 13.9. The Kier molecular flexibility index (Phi) is 7.56. The van der Waals surface area contributed by atoms with Crippen molar-refractivity contribution >= 4 is 51.9 Å². The zero-order chi connectivity index (χ0) is 23.3. The van der Waals surface area contributed by atoms with Crippen LogP contribution < -0.4 is 5.32 Å². The number of carbonyl (C=O) groups is 2. The van der Waals surface area contributed by atoms with Crippen molar-refractivity contribution in [3.8, 4) is 0 Å². The number of anilines is 1. The third-order valence-corrected chi connectivity index (χ3v) is 5.00. The summed E-state index contributed by atoms with van der Waals surface area (Å²) in [6.07, 6.45) is 5.73. The van der Waals surface area contributed by atoms with E-state index in [1.165, 1.54) is 35.0 Å². The second-order valence-electron chi connectivity index (χ2n) is 6.60. The smallest absolute Gasteiger partial charge is 0.262 e. The van der Waals surface area contributed by atoms with Gasteiger partial charge in [-0.25, -0.2) is 13.8 Å². The summed E-state index contributed by atoms with van der Waals surface area (Å²) in [6.45, 7) is 3.51. The maximum Gasteiger partial charge on any atom is 0.262 e. The second kappa shape index (κ2) is 10.3. The molecule has 0 saturated heterocycles. The van der Waals surface area contributed by atoms with Gasteiger partial charge in [-0.15, -0.1) is 6.58 Å². The van der Waals surface area contributed by atoms with Gasteiger partial charge in [-0.3, -0.25) is 14.2 Å². The van der Waals surface area contributed by atoms with Crippen LogP contribution in [0.1, 0.15) is 23.2 Å². The Morgan fingerprint density at radius 2 is 1.97 bits per heavy atom. The van der Waals surface area contributed by atoms with Crippen molar-refractivity contribution in [1.29, 1.82) is 0 Å². The van der Waals surface area contributed by atoms with Gasteiger partial charge in [0.05, 0.1) is 21.1 Å². The monoisotopic (exact) mass is 475 g/mol. The Balaban J connectivity index is 1.73. The molecule has 0 saturated carbocycles. The minimum Gasteiger partial charge on any atom is -0.310 e. The number of nitrogens with zero attached hydrogens (tertiary/aromatic N) is 2. The highest BCUT2D eigenvalue weighted by Gasteiger charge is 2.15. The molecule has 32 heavy (non-hydrogen) atoms. The first-order valence-electron chi connectivity index (χ1n) is 9.40. The van der Waals surface area contributed by atoms with Gasteiger partial charge in [0.2, 0.25) is 5.91 Å². The molecule has 5 nitrogen and oxygen atoms in total. The summed E-state index contributed by atoms with van der Waals surface area (Å²) in [5.74, 6) is -2.13. The summed E-state index contributed by atoms with van der Waals surface area (Å²) in [7, 11) is 0. The topological polar surface area (TPSA) is 64.0 Å². The van der Waals surface area contributed by atoms with E-state index < -0.39 is 23.5 Å². The first-order valence-corrected chi connectivity index (χ1v) is 10.2. The van der Waals surface area contributed by atoms with Gasteiger partial charge in [0, 0.05) is 18.2 Å². The largest absolute Gasteiger partial charge is 0.310 e. The van der Waals surface area contributed by atoms with E-state index in [1.54, 1.807) is 18.2 Å². The molecule has 0 aliphatic carbocycles. The zero-order valence-electron chi connectivity index (χ0n) is 16.6. The summed E-state index contributed by atoms with van der Waals surface area (Å²) >= 11 is 11.4. The summed E-state index contributed by atoms with van der Waals surface area (Å²) in [5, 5.41) is 2.39. The summed E-state index contributed by atoms with van der Waals surface area (Å²) < 4.78 is 28.9. The number of aromatic nitrogens is 2. The predicted molar refractivity (Wildman–Crippen MR) is 122 cm³/mol. The molecule has 0 spiro atoms. The third-order valence-electron chi connectivity index (χ3n) is 4.35. The molecule has 3 aromatic rings. The van der Waals surface area contributed by atoms with Gasteiger partial charge < -0.3 is 5.32 Å². The molecule has 0 unspecified atom stereocenters. The molecule has 0 atom stereocenters. The summed E-state index contributed by atoms with van der Waals surface area (Å²) in [4.78, 5) is 29.1. The first-order chi connectivity index (χ1) is 15.3. The van der Waals surface area contributed by atoms with Gasteiger partial charge in [-0.05, 0) is 48.9 Å².